The highest BCUT2D eigenvalue weighted by Crippen LogP contribution is 2.32. The minimum absolute atomic E-state index is 0.191. The molecule has 0 saturated carbocycles. The van der Waals surface area contributed by atoms with Gasteiger partial charge in [0.05, 0.1) is 0 Å². The van der Waals surface area contributed by atoms with E-state index in [-0.39, 0.29) is 19.2 Å². The molecule has 5 rings (SSSR count). The number of nitrogens with one attached hydrogen (secondary N) is 1. The first-order valence-electron chi connectivity index (χ1n) is 10.0. The highest BCUT2D eigenvalue weighted by Gasteiger charge is 2.16. The highest BCUT2D eigenvalue weighted by molar-refractivity contribution is 7.98. The largest absolute Gasteiger partial charge is 0.454 e. The van der Waals surface area contributed by atoms with Crippen LogP contribution in [0.25, 0.3) is 5.65 Å². The molecule has 0 saturated heterocycles. The zero-order valence-electron chi connectivity index (χ0n) is 17.2. The quantitative estimate of drug-likeness (QED) is 0.403. The molecular formula is C22H18ClN5O4S. The summed E-state index contributed by atoms with van der Waals surface area (Å²) in [6, 6.07) is 13.0. The minimum atomic E-state index is -0.404. The lowest BCUT2D eigenvalue weighted by molar-refractivity contribution is -0.122. The average molecular weight is 484 g/mol. The van der Waals surface area contributed by atoms with Crippen molar-refractivity contribution in [2.75, 3.05) is 6.79 Å². The van der Waals surface area contributed by atoms with Gasteiger partial charge in [-0.05, 0) is 35.4 Å². The van der Waals surface area contributed by atoms with Crippen LogP contribution in [0.4, 0.5) is 0 Å². The van der Waals surface area contributed by atoms with E-state index < -0.39 is 5.69 Å². The zero-order chi connectivity index (χ0) is 22.8. The van der Waals surface area contributed by atoms with E-state index >= 15 is 0 Å². The Morgan fingerprint density at radius 3 is 2.76 bits per heavy atom. The topological polar surface area (TPSA) is 99.8 Å². The molecule has 0 spiro atoms. The Morgan fingerprint density at radius 1 is 1.12 bits per heavy atom. The van der Waals surface area contributed by atoms with Crippen molar-refractivity contribution in [3.8, 4) is 11.5 Å². The predicted octanol–water partition coefficient (Wildman–Crippen LogP) is 2.88. The standard InChI is InChI=1S/C22H18ClN5O4S/c23-16-4-1-14(2-5-16)12-33-21-20-26-28(22(30)27(20)8-7-24-21)11-19(29)25-10-15-3-6-17-18(9-15)32-13-31-17/h1-9H,10-13H2,(H,25,29). The fraction of sp³-hybridized carbons (Fsp3) is 0.182. The van der Waals surface area contributed by atoms with Crippen LogP contribution in [0.15, 0.2) is 64.7 Å². The molecule has 1 amide bonds. The third-order valence-corrected chi connectivity index (χ3v) is 6.27. The molecule has 33 heavy (non-hydrogen) atoms. The monoisotopic (exact) mass is 483 g/mol. The van der Waals surface area contributed by atoms with Crippen molar-refractivity contribution in [2.45, 2.75) is 23.9 Å². The van der Waals surface area contributed by atoms with Gasteiger partial charge in [-0.2, -0.15) is 0 Å². The molecule has 9 nitrogen and oxygen atoms in total. The maximum atomic E-state index is 12.7. The lowest BCUT2D eigenvalue weighted by Crippen LogP contribution is -2.32. The van der Waals surface area contributed by atoms with E-state index in [1.165, 1.54) is 22.4 Å². The minimum Gasteiger partial charge on any atom is -0.454 e. The number of fused-ring (bicyclic) bond motifs is 2. The fourth-order valence-electron chi connectivity index (χ4n) is 3.31. The SMILES string of the molecule is O=C(Cn1nc2c(SCc3ccc(Cl)cc3)nccn2c1=O)NCc1ccc2c(c1)OCO2. The van der Waals surface area contributed by atoms with E-state index in [1.54, 1.807) is 12.3 Å². The Bertz CT molecular complexity index is 1390. The Labute approximate surface area is 197 Å². The Kier molecular flexibility index (Phi) is 5.93. The van der Waals surface area contributed by atoms with E-state index in [2.05, 4.69) is 15.4 Å². The van der Waals surface area contributed by atoms with Gasteiger partial charge in [-0.15, -0.1) is 5.10 Å². The first-order valence-corrected chi connectivity index (χ1v) is 11.4. The predicted molar refractivity (Wildman–Crippen MR) is 123 cm³/mol. The van der Waals surface area contributed by atoms with Gasteiger partial charge in [0.2, 0.25) is 12.7 Å². The van der Waals surface area contributed by atoms with Gasteiger partial charge in [-0.25, -0.2) is 18.9 Å². The van der Waals surface area contributed by atoms with Crippen LogP contribution >= 0.6 is 23.4 Å². The number of ether oxygens (including phenoxy) is 2. The first-order chi connectivity index (χ1) is 16.1. The van der Waals surface area contributed by atoms with Crippen LogP contribution in [0, 0.1) is 0 Å². The summed E-state index contributed by atoms with van der Waals surface area (Å²) in [6.07, 6.45) is 3.09. The van der Waals surface area contributed by atoms with Crippen molar-refractivity contribution in [1.82, 2.24) is 24.5 Å². The van der Waals surface area contributed by atoms with Crippen LogP contribution in [0.1, 0.15) is 11.1 Å². The number of hydrogen-bond acceptors (Lipinski definition) is 7. The van der Waals surface area contributed by atoms with Crippen molar-refractivity contribution in [2.24, 2.45) is 0 Å². The molecule has 1 aliphatic heterocycles. The second-order valence-corrected chi connectivity index (χ2v) is 8.65. The normalized spacial score (nSPS) is 12.3. The van der Waals surface area contributed by atoms with Gasteiger partial charge in [0.25, 0.3) is 0 Å². The van der Waals surface area contributed by atoms with Gasteiger partial charge in [0, 0.05) is 29.7 Å². The number of halogens is 1. The average Bonchev–Trinajstić information content (AvgIpc) is 3.42. The summed E-state index contributed by atoms with van der Waals surface area (Å²) in [5.41, 5.74) is 1.93. The van der Waals surface area contributed by atoms with Crippen molar-refractivity contribution < 1.29 is 14.3 Å². The number of rotatable bonds is 7. The first kappa shape index (κ1) is 21.4. The summed E-state index contributed by atoms with van der Waals surface area (Å²) in [5, 5.41) is 8.42. The van der Waals surface area contributed by atoms with Gasteiger partial charge < -0.3 is 14.8 Å². The molecule has 0 atom stereocenters. The number of nitrogens with zero attached hydrogens (tertiary/aromatic N) is 4. The van der Waals surface area contributed by atoms with Crippen LogP contribution in [0.5, 0.6) is 11.5 Å². The van der Waals surface area contributed by atoms with E-state index in [9.17, 15) is 9.59 Å². The van der Waals surface area contributed by atoms with Crippen LogP contribution in [0.3, 0.4) is 0 Å². The number of amides is 1. The molecule has 1 aliphatic rings. The number of benzene rings is 2. The smallest absolute Gasteiger partial charge is 0.350 e. The molecule has 0 bridgehead atoms. The number of aromatic nitrogens is 4. The summed E-state index contributed by atoms with van der Waals surface area (Å²) in [7, 11) is 0. The van der Waals surface area contributed by atoms with Crippen molar-refractivity contribution >= 4 is 34.9 Å². The van der Waals surface area contributed by atoms with Gasteiger partial charge in [0.15, 0.2) is 17.1 Å². The summed E-state index contributed by atoms with van der Waals surface area (Å²) >= 11 is 7.39. The zero-order valence-corrected chi connectivity index (χ0v) is 18.8. The summed E-state index contributed by atoms with van der Waals surface area (Å²) in [4.78, 5) is 29.6. The van der Waals surface area contributed by atoms with E-state index in [0.29, 0.717) is 39.5 Å². The molecule has 11 heteroatoms. The van der Waals surface area contributed by atoms with E-state index in [0.717, 1.165) is 15.8 Å². The second-order valence-electron chi connectivity index (χ2n) is 7.25. The lowest BCUT2D eigenvalue weighted by Gasteiger charge is -2.06. The van der Waals surface area contributed by atoms with Crippen molar-refractivity contribution in [3.63, 3.8) is 0 Å². The van der Waals surface area contributed by atoms with Crippen molar-refractivity contribution in [3.05, 3.63) is 81.5 Å². The summed E-state index contributed by atoms with van der Waals surface area (Å²) < 4.78 is 13.2. The molecule has 2 aromatic heterocycles. The highest BCUT2D eigenvalue weighted by atomic mass is 35.5. The molecule has 168 valence electrons. The third kappa shape index (κ3) is 4.67. The van der Waals surface area contributed by atoms with Gasteiger partial charge in [0.1, 0.15) is 11.6 Å². The molecule has 0 aliphatic carbocycles. The maximum absolute atomic E-state index is 12.7. The summed E-state index contributed by atoms with van der Waals surface area (Å²) in [5.74, 6) is 1.64. The Hall–Kier alpha value is -3.50. The van der Waals surface area contributed by atoms with Gasteiger partial charge in [-0.3, -0.25) is 4.79 Å². The van der Waals surface area contributed by atoms with Crippen LogP contribution in [-0.4, -0.2) is 31.9 Å². The van der Waals surface area contributed by atoms with Gasteiger partial charge in [-0.1, -0.05) is 41.6 Å². The molecule has 3 heterocycles. The third-order valence-electron chi connectivity index (χ3n) is 4.98. The molecular weight excluding hydrogens is 466 g/mol. The molecule has 2 aromatic carbocycles. The van der Waals surface area contributed by atoms with Crippen LogP contribution < -0.4 is 20.5 Å². The molecule has 0 radical (unpaired) electrons. The van der Waals surface area contributed by atoms with E-state index in [4.69, 9.17) is 21.1 Å². The number of carbonyl (C=O) groups is 1. The van der Waals surface area contributed by atoms with Gasteiger partial charge >= 0.3 is 5.69 Å². The Morgan fingerprint density at radius 2 is 1.91 bits per heavy atom. The molecule has 0 unspecified atom stereocenters. The van der Waals surface area contributed by atoms with E-state index in [1.807, 2.05) is 36.4 Å². The summed E-state index contributed by atoms with van der Waals surface area (Å²) in [6.45, 7) is 0.282. The maximum Gasteiger partial charge on any atom is 0.350 e. The lowest BCUT2D eigenvalue weighted by atomic mass is 10.2. The number of thioether (sulfide) groups is 1. The second kappa shape index (κ2) is 9.16. The Balaban J connectivity index is 1.26. The van der Waals surface area contributed by atoms with Crippen LogP contribution in [0.2, 0.25) is 5.02 Å². The number of hydrogen-bond donors (Lipinski definition) is 1. The number of carbonyl (C=O) groups excluding carboxylic acids is 1. The molecule has 4 aromatic rings. The molecule has 0 fully saturated rings. The fourth-order valence-corrected chi connectivity index (χ4v) is 4.33. The molecule has 1 N–H and O–H groups in total. The van der Waals surface area contributed by atoms with Crippen molar-refractivity contribution in [1.29, 1.82) is 0 Å². The van der Waals surface area contributed by atoms with Crippen LogP contribution in [-0.2, 0) is 23.6 Å².